The Morgan fingerprint density at radius 2 is 2.00 bits per heavy atom. The molecule has 1 aromatic heterocycles. The van der Waals surface area contributed by atoms with Crippen LogP contribution in [0.4, 0.5) is 8.63 Å². The van der Waals surface area contributed by atoms with Crippen LogP contribution in [0.5, 0.6) is 0 Å². The minimum absolute atomic E-state index is 0.368. The Morgan fingerprint density at radius 1 is 1.30 bits per heavy atom. The highest BCUT2D eigenvalue weighted by molar-refractivity contribution is 6.58. The summed E-state index contributed by atoms with van der Waals surface area (Å²) in [5, 5.41) is 0. The number of aryl methyl sites for hydroxylation is 2. The fourth-order valence-corrected chi connectivity index (χ4v) is 3.92. The highest BCUT2D eigenvalue weighted by Gasteiger charge is 2.54. The summed E-state index contributed by atoms with van der Waals surface area (Å²) in [5.74, 6) is -0.453. The van der Waals surface area contributed by atoms with E-state index in [0.717, 1.165) is 32.9 Å². The van der Waals surface area contributed by atoms with Gasteiger partial charge in [-0.15, -0.1) is 0 Å². The largest absolute Gasteiger partial charge is 0.737 e. The van der Waals surface area contributed by atoms with Crippen molar-refractivity contribution in [2.45, 2.75) is 47.5 Å². The van der Waals surface area contributed by atoms with E-state index in [1.54, 1.807) is 32.1 Å². The van der Waals surface area contributed by atoms with Crippen LogP contribution in [0.2, 0.25) is 0 Å². The number of carbonyl (C=O) groups is 1. The van der Waals surface area contributed by atoms with Crippen molar-refractivity contribution < 1.29 is 22.6 Å². The predicted octanol–water partition coefficient (Wildman–Crippen LogP) is 4.39. The third-order valence-electron chi connectivity index (χ3n) is 5.29. The lowest BCUT2D eigenvalue weighted by Crippen LogP contribution is -2.50. The third kappa shape index (κ3) is 3.09. The van der Waals surface area contributed by atoms with E-state index in [-0.39, 0.29) is 0 Å². The number of ether oxygens (including phenoxy) is 1. The number of halogens is 2. The van der Waals surface area contributed by atoms with Crippen molar-refractivity contribution in [3.05, 3.63) is 52.0 Å². The second-order valence-electron chi connectivity index (χ2n) is 7.19. The second-order valence-corrected chi connectivity index (χ2v) is 7.19. The summed E-state index contributed by atoms with van der Waals surface area (Å²) in [5.41, 5.74) is 4.21. The van der Waals surface area contributed by atoms with Gasteiger partial charge in [0, 0.05) is 35.9 Å². The molecule has 2 aliphatic rings. The van der Waals surface area contributed by atoms with Gasteiger partial charge in [0.25, 0.3) is 0 Å². The van der Waals surface area contributed by atoms with Gasteiger partial charge in [-0.2, -0.15) is 0 Å². The van der Waals surface area contributed by atoms with Gasteiger partial charge in [0.15, 0.2) is 5.70 Å². The third-order valence-corrected chi connectivity index (χ3v) is 5.29. The van der Waals surface area contributed by atoms with Gasteiger partial charge in [-0.05, 0) is 50.6 Å². The average Bonchev–Trinajstić information content (AvgIpc) is 3.01. The van der Waals surface area contributed by atoms with E-state index in [2.05, 4.69) is 0 Å². The molecule has 27 heavy (non-hydrogen) atoms. The highest BCUT2D eigenvalue weighted by Crippen LogP contribution is 2.38. The van der Waals surface area contributed by atoms with E-state index < -0.39 is 12.9 Å². The van der Waals surface area contributed by atoms with Crippen molar-refractivity contribution >= 4 is 24.7 Å². The van der Waals surface area contributed by atoms with Crippen molar-refractivity contribution in [3.63, 3.8) is 0 Å². The average molecular weight is 374 g/mol. The maximum Gasteiger partial charge on any atom is 0.737 e. The van der Waals surface area contributed by atoms with Gasteiger partial charge in [0.1, 0.15) is 5.71 Å². The summed E-state index contributed by atoms with van der Waals surface area (Å²) in [6.07, 6.45) is 6.45. The van der Waals surface area contributed by atoms with Gasteiger partial charge < -0.3 is 22.3 Å². The predicted molar refractivity (Wildman–Crippen MR) is 104 cm³/mol. The number of carbonyl (C=O) groups excluding carboxylic acids is 1. The van der Waals surface area contributed by atoms with Crippen LogP contribution in [0, 0.1) is 13.8 Å². The van der Waals surface area contributed by atoms with Crippen molar-refractivity contribution in [2.24, 2.45) is 0 Å². The Hall–Kier alpha value is -2.44. The van der Waals surface area contributed by atoms with Crippen LogP contribution in [-0.4, -0.2) is 34.2 Å². The van der Waals surface area contributed by atoms with Crippen molar-refractivity contribution in [3.8, 4) is 0 Å². The van der Waals surface area contributed by atoms with Gasteiger partial charge in [-0.3, -0.25) is 0 Å². The lowest BCUT2D eigenvalue weighted by molar-refractivity contribution is -0.363. The number of aromatic nitrogens is 1. The first kappa shape index (κ1) is 19.3. The second kappa shape index (κ2) is 6.95. The van der Waals surface area contributed by atoms with Crippen LogP contribution in [0.1, 0.15) is 50.6 Å². The molecule has 0 saturated heterocycles. The van der Waals surface area contributed by atoms with Gasteiger partial charge in [-0.1, -0.05) is 13.3 Å². The van der Waals surface area contributed by atoms with E-state index >= 15 is 8.63 Å². The Morgan fingerprint density at radius 3 is 2.67 bits per heavy atom. The van der Waals surface area contributed by atoms with Crippen LogP contribution < -0.4 is 0 Å². The minimum Gasteiger partial charge on any atom is -0.463 e. The number of unbranched alkanes of at least 4 members (excludes halogenated alkanes) is 1. The summed E-state index contributed by atoms with van der Waals surface area (Å²) in [4.78, 5) is 11.8. The van der Waals surface area contributed by atoms with Crippen molar-refractivity contribution in [1.29, 1.82) is 0 Å². The standard InChI is InChI=1S/C20H25BF2N2O2/c1-6-7-10-27-20(26)9-8-17-15(4)19-12-18-13(2)11-14(3)24(18)21(22,23)25(19)16(17)5/h8-9,11-12H,6-7,10H2,1-5H3/b9-8+. The fraction of sp³-hybridized carbons (Fsp3) is 0.400. The zero-order chi connectivity index (χ0) is 19.9. The topological polar surface area (TPSA) is 34.2 Å². The highest BCUT2D eigenvalue weighted by atomic mass is 19.2. The fourth-order valence-electron chi connectivity index (χ4n) is 3.92. The first-order valence-electron chi connectivity index (χ1n) is 9.32. The molecule has 1 aromatic rings. The minimum atomic E-state index is -3.99. The van der Waals surface area contributed by atoms with Gasteiger partial charge >= 0.3 is 12.9 Å². The van der Waals surface area contributed by atoms with Crippen molar-refractivity contribution in [1.82, 2.24) is 4.48 Å². The van der Waals surface area contributed by atoms with E-state index in [1.807, 2.05) is 20.8 Å². The molecule has 0 bridgehead atoms. The molecule has 0 unspecified atom stereocenters. The zero-order valence-corrected chi connectivity index (χ0v) is 16.5. The van der Waals surface area contributed by atoms with E-state index in [1.165, 1.54) is 6.08 Å². The van der Waals surface area contributed by atoms with Gasteiger partial charge in [0.2, 0.25) is 0 Å². The number of esters is 1. The molecule has 0 N–H and O–H groups in total. The summed E-state index contributed by atoms with van der Waals surface area (Å²) in [6.45, 7) is 5.41. The normalized spacial score (nSPS) is 18.1. The molecule has 0 saturated carbocycles. The summed E-state index contributed by atoms with van der Waals surface area (Å²) < 4.78 is 38.1. The number of rotatable bonds is 5. The van der Waals surface area contributed by atoms with Crippen LogP contribution in [0.25, 0.3) is 6.08 Å². The van der Waals surface area contributed by atoms with E-state index in [4.69, 9.17) is 4.74 Å². The number of hydrogen-bond acceptors (Lipinski definition) is 2. The van der Waals surface area contributed by atoms with Crippen LogP contribution in [-0.2, 0) is 9.53 Å². The van der Waals surface area contributed by atoms with Crippen LogP contribution in [0.15, 0.2) is 35.1 Å². The molecule has 0 spiro atoms. The first-order valence-corrected chi connectivity index (χ1v) is 9.32. The summed E-state index contributed by atoms with van der Waals surface area (Å²) in [7, 11) is 0. The van der Waals surface area contributed by atoms with Crippen molar-refractivity contribution in [2.75, 3.05) is 6.61 Å². The summed E-state index contributed by atoms with van der Waals surface area (Å²) >= 11 is 0. The molecule has 2 aliphatic heterocycles. The number of nitrogens with zero attached hydrogens (tertiary/aromatic N) is 2. The lowest BCUT2D eigenvalue weighted by atomic mass is 9.89. The smallest absolute Gasteiger partial charge is 0.463 e. The molecule has 0 fully saturated rings. The molecule has 7 heteroatoms. The monoisotopic (exact) mass is 374 g/mol. The molecular formula is C20H25BF2N2O2. The summed E-state index contributed by atoms with van der Waals surface area (Å²) in [6, 6.07) is 1.78. The van der Waals surface area contributed by atoms with E-state index in [9.17, 15) is 4.79 Å². The maximum absolute atomic E-state index is 15.4. The van der Waals surface area contributed by atoms with Crippen LogP contribution >= 0.6 is 0 Å². The Kier molecular flexibility index (Phi) is 4.97. The first-order chi connectivity index (χ1) is 12.7. The van der Waals surface area contributed by atoms with Gasteiger partial charge in [-0.25, -0.2) is 4.79 Å². The quantitative estimate of drug-likeness (QED) is 0.332. The molecule has 0 aliphatic carbocycles. The lowest BCUT2D eigenvalue weighted by Gasteiger charge is -2.30. The molecular weight excluding hydrogens is 349 g/mol. The molecule has 0 radical (unpaired) electrons. The molecule has 0 amide bonds. The SMILES string of the molecule is CCCCOC(=O)/C=C/C1=C(C)C2=Cc3c(C)cc(C)n3[B-](F)(F)[N+]2=C1C. The Labute approximate surface area is 158 Å². The van der Waals surface area contributed by atoms with E-state index in [0.29, 0.717) is 35.0 Å². The Balaban J connectivity index is 2.00. The maximum atomic E-state index is 15.4. The van der Waals surface area contributed by atoms with Gasteiger partial charge in [0.05, 0.1) is 6.61 Å². The molecule has 3 rings (SSSR count). The Bertz CT molecular complexity index is 936. The number of hydrogen-bond donors (Lipinski definition) is 0. The zero-order valence-electron chi connectivity index (χ0n) is 16.5. The molecule has 3 heterocycles. The molecule has 144 valence electrons. The molecule has 0 aromatic carbocycles. The number of allylic oxidation sites excluding steroid dienone is 3. The molecule has 4 nitrogen and oxygen atoms in total. The molecule has 0 atom stereocenters. The number of fused-ring (bicyclic) bond motifs is 2. The van der Waals surface area contributed by atoms with Crippen LogP contribution in [0.3, 0.4) is 0 Å².